The molecule has 0 aliphatic rings. The molecule has 0 N–H and O–H groups in total. The second-order valence-electron chi connectivity index (χ2n) is 7.17. The molecule has 0 aliphatic carbocycles. The molecule has 0 radical (unpaired) electrons. The SMILES string of the molecule is COC(=O)C(C)Cc1ccc(OCCn2c(C)nc(-c3ccccc3)cc2=O)cc1.[Mg+2]. The molecule has 1 unspecified atom stereocenters. The van der Waals surface area contributed by atoms with Crippen molar-refractivity contribution in [1.29, 1.82) is 0 Å². The number of benzene rings is 2. The topological polar surface area (TPSA) is 70.4 Å². The van der Waals surface area contributed by atoms with Crippen molar-refractivity contribution in [2.24, 2.45) is 5.92 Å². The van der Waals surface area contributed by atoms with Gasteiger partial charge < -0.3 is 9.47 Å². The van der Waals surface area contributed by atoms with Gasteiger partial charge in [-0.05, 0) is 31.0 Å². The Hall–Kier alpha value is -2.64. The first-order valence-corrected chi connectivity index (χ1v) is 9.91. The number of carbonyl (C=O) groups is 1. The molecule has 3 aromatic rings. The monoisotopic (exact) mass is 430 g/mol. The average molecular weight is 431 g/mol. The molecule has 31 heavy (non-hydrogen) atoms. The molecule has 1 aromatic heterocycles. The number of rotatable bonds is 8. The summed E-state index contributed by atoms with van der Waals surface area (Å²) in [5.41, 5.74) is 2.53. The fourth-order valence-corrected chi connectivity index (χ4v) is 3.26. The summed E-state index contributed by atoms with van der Waals surface area (Å²) in [6.45, 7) is 4.43. The first-order valence-electron chi connectivity index (χ1n) is 9.91. The van der Waals surface area contributed by atoms with Crippen molar-refractivity contribution in [2.75, 3.05) is 13.7 Å². The van der Waals surface area contributed by atoms with Crippen molar-refractivity contribution in [3.05, 3.63) is 82.4 Å². The van der Waals surface area contributed by atoms with Gasteiger partial charge in [0.05, 0.1) is 25.3 Å². The Labute approximate surface area is 198 Å². The maximum Gasteiger partial charge on any atom is 2.00 e. The van der Waals surface area contributed by atoms with E-state index >= 15 is 0 Å². The summed E-state index contributed by atoms with van der Waals surface area (Å²) in [6, 6.07) is 18.8. The van der Waals surface area contributed by atoms with Crippen LogP contribution in [-0.4, -0.2) is 52.3 Å². The molecule has 0 aliphatic heterocycles. The number of aromatic nitrogens is 2. The molecule has 1 heterocycles. The van der Waals surface area contributed by atoms with Crippen LogP contribution in [-0.2, 0) is 22.5 Å². The molecule has 6 nitrogen and oxygen atoms in total. The van der Waals surface area contributed by atoms with Crippen LogP contribution in [0.15, 0.2) is 65.5 Å². The van der Waals surface area contributed by atoms with Crippen molar-refractivity contribution in [3.63, 3.8) is 0 Å². The fourth-order valence-electron chi connectivity index (χ4n) is 3.26. The van der Waals surface area contributed by atoms with E-state index in [1.165, 1.54) is 7.11 Å². The summed E-state index contributed by atoms with van der Waals surface area (Å²) in [5, 5.41) is 0. The number of carbonyl (C=O) groups excluding carboxylic acids is 1. The predicted molar refractivity (Wildman–Crippen MR) is 121 cm³/mol. The molecule has 7 heteroatoms. The van der Waals surface area contributed by atoms with Gasteiger partial charge in [0.1, 0.15) is 18.2 Å². The van der Waals surface area contributed by atoms with Gasteiger partial charge in [-0.1, -0.05) is 49.4 Å². The van der Waals surface area contributed by atoms with E-state index in [-0.39, 0.29) is 40.5 Å². The molecule has 2 aromatic carbocycles. The maximum atomic E-state index is 12.5. The summed E-state index contributed by atoms with van der Waals surface area (Å²) in [7, 11) is 1.40. The van der Waals surface area contributed by atoms with Gasteiger partial charge in [-0.2, -0.15) is 0 Å². The van der Waals surface area contributed by atoms with Crippen LogP contribution in [0, 0.1) is 12.8 Å². The van der Waals surface area contributed by atoms with E-state index in [0.29, 0.717) is 36.8 Å². The van der Waals surface area contributed by atoms with Crippen LogP contribution >= 0.6 is 0 Å². The van der Waals surface area contributed by atoms with E-state index in [2.05, 4.69) is 4.98 Å². The van der Waals surface area contributed by atoms with Crippen molar-refractivity contribution < 1.29 is 14.3 Å². The summed E-state index contributed by atoms with van der Waals surface area (Å²) in [4.78, 5) is 28.6. The molecular weight excluding hydrogens is 405 g/mol. The second kappa shape index (κ2) is 11.7. The van der Waals surface area contributed by atoms with Crippen LogP contribution in [0.25, 0.3) is 11.3 Å². The number of hydrogen-bond donors (Lipinski definition) is 0. The summed E-state index contributed by atoms with van der Waals surface area (Å²) >= 11 is 0. The molecule has 3 rings (SSSR count). The minimum absolute atomic E-state index is 0. The van der Waals surface area contributed by atoms with E-state index in [4.69, 9.17) is 9.47 Å². The van der Waals surface area contributed by atoms with Gasteiger partial charge in [0.2, 0.25) is 0 Å². The van der Waals surface area contributed by atoms with Crippen LogP contribution in [0.4, 0.5) is 0 Å². The number of esters is 1. The predicted octanol–water partition coefficient (Wildman–Crippen LogP) is 3.27. The number of nitrogens with zero attached hydrogens (tertiary/aromatic N) is 2. The molecule has 0 saturated heterocycles. The number of hydrogen-bond acceptors (Lipinski definition) is 5. The fraction of sp³-hybridized carbons (Fsp3) is 0.292. The second-order valence-corrected chi connectivity index (χ2v) is 7.17. The van der Waals surface area contributed by atoms with E-state index in [0.717, 1.165) is 11.1 Å². The molecule has 0 saturated carbocycles. The quantitative estimate of drug-likeness (QED) is 0.405. The van der Waals surface area contributed by atoms with Gasteiger partial charge in [0.15, 0.2) is 0 Å². The van der Waals surface area contributed by atoms with E-state index in [1.807, 2.05) is 68.4 Å². The molecule has 0 fully saturated rings. The Morgan fingerprint density at radius 2 is 1.77 bits per heavy atom. The average Bonchev–Trinajstić information content (AvgIpc) is 2.76. The maximum absolute atomic E-state index is 12.5. The van der Waals surface area contributed by atoms with E-state index in [1.54, 1.807) is 10.6 Å². The van der Waals surface area contributed by atoms with Gasteiger partial charge in [0.25, 0.3) is 5.56 Å². The molecular formula is C24H26MgN2O4+2. The summed E-state index contributed by atoms with van der Waals surface area (Å²) in [6.07, 6.45) is 0.612. The molecule has 156 valence electrons. The van der Waals surface area contributed by atoms with Crippen LogP contribution in [0.2, 0.25) is 0 Å². The molecule has 0 amide bonds. The third kappa shape index (κ3) is 6.67. The number of aryl methyl sites for hydroxylation is 1. The van der Waals surface area contributed by atoms with Crippen molar-refractivity contribution in [2.45, 2.75) is 26.8 Å². The van der Waals surface area contributed by atoms with Gasteiger partial charge >= 0.3 is 29.0 Å². The van der Waals surface area contributed by atoms with E-state index in [9.17, 15) is 9.59 Å². The molecule has 0 spiro atoms. The zero-order valence-electron chi connectivity index (χ0n) is 18.2. The molecule has 0 bridgehead atoms. The minimum atomic E-state index is -0.219. The van der Waals surface area contributed by atoms with Crippen LogP contribution in [0.5, 0.6) is 5.75 Å². The number of methoxy groups -OCH3 is 1. The third-order valence-electron chi connectivity index (χ3n) is 4.92. The Morgan fingerprint density at radius 3 is 2.39 bits per heavy atom. The van der Waals surface area contributed by atoms with Gasteiger partial charge in [-0.3, -0.25) is 14.2 Å². The van der Waals surface area contributed by atoms with Crippen molar-refractivity contribution in [1.82, 2.24) is 9.55 Å². The Kier molecular flexibility index (Phi) is 9.27. The number of ether oxygens (including phenoxy) is 2. The smallest absolute Gasteiger partial charge is 0.492 e. The zero-order chi connectivity index (χ0) is 21.5. The Morgan fingerprint density at radius 1 is 1.10 bits per heavy atom. The first kappa shape index (κ1) is 24.6. The summed E-state index contributed by atoms with van der Waals surface area (Å²) < 4.78 is 12.2. The summed E-state index contributed by atoms with van der Waals surface area (Å²) in [5.74, 6) is 0.951. The van der Waals surface area contributed by atoms with Gasteiger partial charge in [0, 0.05) is 11.6 Å². The third-order valence-corrected chi connectivity index (χ3v) is 4.92. The van der Waals surface area contributed by atoms with Crippen LogP contribution < -0.4 is 10.3 Å². The van der Waals surface area contributed by atoms with Crippen molar-refractivity contribution >= 4 is 29.0 Å². The minimum Gasteiger partial charge on any atom is -0.492 e. The largest absolute Gasteiger partial charge is 2.00 e. The molecule has 1 atom stereocenters. The van der Waals surface area contributed by atoms with Crippen LogP contribution in [0.3, 0.4) is 0 Å². The van der Waals surface area contributed by atoms with Crippen LogP contribution in [0.1, 0.15) is 18.3 Å². The van der Waals surface area contributed by atoms with Gasteiger partial charge in [-0.25, -0.2) is 4.98 Å². The standard InChI is InChI=1S/C24H26N2O4.Mg/c1-17(24(28)29-3)15-19-9-11-21(12-10-19)30-14-13-26-18(2)25-22(16-23(26)27)20-7-5-4-6-8-20;/h4-12,16-17H,13-15H2,1-3H3;/q;+2. The normalized spacial score (nSPS) is 11.3. The van der Waals surface area contributed by atoms with Crippen molar-refractivity contribution in [3.8, 4) is 17.0 Å². The zero-order valence-corrected chi connectivity index (χ0v) is 19.6. The van der Waals surface area contributed by atoms with Gasteiger partial charge in [-0.15, -0.1) is 0 Å². The first-order chi connectivity index (χ1) is 14.5. The Balaban J connectivity index is 0.00000341. The van der Waals surface area contributed by atoms with E-state index < -0.39 is 0 Å². The Bertz CT molecular complexity index is 1050.